The van der Waals surface area contributed by atoms with Gasteiger partial charge in [-0.05, 0) is 19.8 Å². The lowest BCUT2D eigenvalue weighted by Gasteiger charge is -2.19. The van der Waals surface area contributed by atoms with Gasteiger partial charge in [-0.1, -0.05) is 0 Å². The van der Waals surface area contributed by atoms with E-state index in [1.54, 1.807) is 6.92 Å². The Bertz CT molecular complexity index is 217. The summed E-state index contributed by atoms with van der Waals surface area (Å²) in [5, 5.41) is 13.2. The van der Waals surface area contributed by atoms with Crippen LogP contribution in [-0.4, -0.2) is 29.2 Å². The molecule has 0 aliphatic carbocycles. The maximum Gasteiger partial charge on any atom is 0.322 e. The van der Waals surface area contributed by atoms with Crippen LogP contribution in [0.15, 0.2) is 0 Å². The second kappa shape index (κ2) is 3.10. The first-order valence-corrected chi connectivity index (χ1v) is 3.83. The summed E-state index contributed by atoms with van der Waals surface area (Å²) < 4.78 is 0. The summed E-state index contributed by atoms with van der Waals surface area (Å²) in [5.74, 6) is -0.319. The third-order valence-corrected chi connectivity index (χ3v) is 1.95. The number of nitrogens with one attached hydrogen (secondary N) is 2. The van der Waals surface area contributed by atoms with Crippen LogP contribution < -0.4 is 10.6 Å². The molecule has 1 aliphatic heterocycles. The molecule has 5 nitrogen and oxygen atoms in total. The Balaban J connectivity index is 2.58. The molecule has 1 heterocycles. The molecule has 5 heteroatoms. The van der Waals surface area contributed by atoms with Crippen molar-refractivity contribution in [2.24, 2.45) is 0 Å². The molecule has 68 valence electrons. The fraction of sp³-hybridized carbons (Fsp3) is 0.714. The number of urea groups is 1. The molecule has 1 fully saturated rings. The van der Waals surface area contributed by atoms with Crippen molar-refractivity contribution in [1.29, 1.82) is 0 Å². The van der Waals surface area contributed by atoms with Crippen molar-refractivity contribution in [2.45, 2.75) is 25.3 Å². The van der Waals surface area contributed by atoms with Gasteiger partial charge in [0.1, 0.15) is 5.54 Å². The van der Waals surface area contributed by atoms with Crippen LogP contribution in [0.4, 0.5) is 4.79 Å². The lowest BCUT2D eigenvalue weighted by Crippen LogP contribution is -2.43. The highest BCUT2D eigenvalue weighted by Crippen LogP contribution is 2.15. The molecule has 0 saturated carbocycles. The predicted molar refractivity (Wildman–Crippen MR) is 41.4 cm³/mol. The van der Waals surface area contributed by atoms with E-state index in [-0.39, 0.29) is 12.5 Å². The van der Waals surface area contributed by atoms with Gasteiger partial charge in [-0.3, -0.25) is 10.1 Å². The van der Waals surface area contributed by atoms with E-state index in [1.165, 1.54) is 0 Å². The zero-order valence-corrected chi connectivity index (χ0v) is 6.89. The molecule has 0 aromatic heterocycles. The number of rotatable bonds is 3. The first-order valence-electron chi connectivity index (χ1n) is 3.83. The lowest BCUT2D eigenvalue weighted by atomic mass is 9.97. The SMILES string of the molecule is CC1(CCCO)NC(=O)NC1=O. The molecular formula is C7H12N2O3. The fourth-order valence-electron chi connectivity index (χ4n) is 1.19. The Labute approximate surface area is 70.1 Å². The molecule has 0 radical (unpaired) electrons. The molecule has 12 heavy (non-hydrogen) atoms. The van der Waals surface area contributed by atoms with Crippen molar-refractivity contribution in [1.82, 2.24) is 10.6 Å². The van der Waals surface area contributed by atoms with Crippen LogP contribution in [0.3, 0.4) is 0 Å². The fourth-order valence-corrected chi connectivity index (χ4v) is 1.19. The van der Waals surface area contributed by atoms with Crippen molar-refractivity contribution in [3.63, 3.8) is 0 Å². The van der Waals surface area contributed by atoms with E-state index in [2.05, 4.69) is 10.6 Å². The molecule has 0 bridgehead atoms. The molecule has 0 aromatic carbocycles. The van der Waals surface area contributed by atoms with Crippen LogP contribution in [0, 0.1) is 0 Å². The van der Waals surface area contributed by atoms with Gasteiger partial charge in [0.2, 0.25) is 0 Å². The highest BCUT2D eigenvalue weighted by Gasteiger charge is 2.40. The minimum atomic E-state index is -0.834. The van der Waals surface area contributed by atoms with Gasteiger partial charge in [-0.2, -0.15) is 0 Å². The van der Waals surface area contributed by atoms with Crippen LogP contribution in [0.25, 0.3) is 0 Å². The van der Waals surface area contributed by atoms with Crippen LogP contribution in [0.1, 0.15) is 19.8 Å². The number of hydrogen-bond acceptors (Lipinski definition) is 3. The summed E-state index contributed by atoms with van der Waals surface area (Å²) in [7, 11) is 0. The van der Waals surface area contributed by atoms with E-state index in [0.29, 0.717) is 12.8 Å². The van der Waals surface area contributed by atoms with Gasteiger partial charge in [0.15, 0.2) is 0 Å². The summed E-state index contributed by atoms with van der Waals surface area (Å²) in [4.78, 5) is 21.9. The molecule has 0 aromatic rings. The number of hydrogen-bond donors (Lipinski definition) is 3. The van der Waals surface area contributed by atoms with Gasteiger partial charge in [-0.15, -0.1) is 0 Å². The minimum absolute atomic E-state index is 0.0265. The molecule has 3 amide bonds. The quantitative estimate of drug-likeness (QED) is 0.495. The van der Waals surface area contributed by atoms with Crippen LogP contribution in [0.2, 0.25) is 0 Å². The summed E-state index contributed by atoms with van der Waals surface area (Å²) in [5.41, 5.74) is -0.834. The second-order valence-corrected chi connectivity index (χ2v) is 3.07. The normalized spacial score (nSPS) is 28.5. The van der Waals surface area contributed by atoms with Crippen LogP contribution in [0.5, 0.6) is 0 Å². The highest BCUT2D eigenvalue weighted by molar-refractivity contribution is 6.06. The minimum Gasteiger partial charge on any atom is -0.396 e. The first-order chi connectivity index (χ1) is 5.58. The molecule has 1 aliphatic rings. The number of imide groups is 1. The summed E-state index contributed by atoms with van der Waals surface area (Å²) in [6.45, 7) is 1.67. The van der Waals surface area contributed by atoms with E-state index in [4.69, 9.17) is 5.11 Å². The van der Waals surface area contributed by atoms with E-state index in [0.717, 1.165) is 0 Å². The standard InChI is InChI=1S/C7H12N2O3/c1-7(3-2-4-10)5(11)8-6(12)9-7/h10H,2-4H2,1H3,(H2,8,9,11,12). The predicted octanol–water partition coefficient (Wildman–Crippen LogP) is -0.643. The number of carbonyl (C=O) groups excluding carboxylic acids is 2. The Hall–Kier alpha value is -1.10. The summed E-state index contributed by atoms with van der Waals surface area (Å²) >= 11 is 0. The van der Waals surface area contributed by atoms with Crippen LogP contribution >= 0.6 is 0 Å². The average Bonchev–Trinajstić information content (AvgIpc) is 2.23. The lowest BCUT2D eigenvalue weighted by molar-refractivity contribution is -0.123. The topological polar surface area (TPSA) is 78.4 Å². The smallest absolute Gasteiger partial charge is 0.322 e. The van der Waals surface area contributed by atoms with E-state index in [9.17, 15) is 9.59 Å². The Morgan fingerprint density at radius 2 is 2.17 bits per heavy atom. The summed E-state index contributed by atoms with van der Waals surface area (Å²) in [6, 6.07) is -0.458. The van der Waals surface area contributed by atoms with Gasteiger partial charge in [-0.25, -0.2) is 4.79 Å². The monoisotopic (exact) mass is 172 g/mol. The third kappa shape index (κ3) is 1.55. The number of aliphatic hydroxyl groups excluding tert-OH is 1. The molecule has 1 rings (SSSR count). The zero-order chi connectivity index (χ0) is 9.19. The Morgan fingerprint density at radius 1 is 1.50 bits per heavy atom. The molecule has 1 atom stereocenters. The number of aliphatic hydroxyl groups is 1. The third-order valence-electron chi connectivity index (χ3n) is 1.95. The zero-order valence-electron chi connectivity index (χ0n) is 6.89. The first kappa shape index (κ1) is 8.99. The maximum atomic E-state index is 11.1. The number of carbonyl (C=O) groups is 2. The average molecular weight is 172 g/mol. The molecule has 3 N–H and O–H groups in total. The molecule has 1 saturated heterocycles. The van der Waals surface area contributed by atoms with Crippen molar-refractivity contribution in [3.05, 3.63) is 0 Å². The molecule has 0 spiro atoms. The number of amides is 3. The largest absolute Gasteiger partial charge is 0.396 e. The van der Waals surface area contributed by atoms with Crippen molar-refractivity contribution >= 4 is 11.9 Å². The second-order valence-electron chi connectivity index (χ2n) is 3.07. The van der Waals surface area contributed by atoms with Crippen LogP contribution in [-0.2, 0) is 4.79 Å². The van der Waals surface area contributed by atoms with Crippen molar-refractivity contribution in [2.75, 3.05) is 6.61 Å². The van der Waals surface area contributed by atoms with Gasteiger partial charge >= 0.3 is 6.03 Å². The maximum absolute atomic E-state index is 11.1. The Kier molecular flexibility index (Phi) is 2.32. The van der Waals surface area contributed by atoms with E-state index >= 15 is 0 Å². The molecular weight excluding hydrogens is 160 g/mol. The molecule has 1 unspecified atom stereocenters. The van der Waals surface area contributed by atoms with E-state index in [1.807, 2.05) is 0 Å². The highest BCUT2D eigenvalue weighted by atomic mass is 16.3. The summed E-state index contributed by atoms with van der Waals surface area (Å²) in [6.07, 6.45) is 0.964. The van der Waals surface area contributed by atoms with Gasteiger partial charge < -0.3 is 10.4 Å². The van der Waals surface area contributed by atoms with E-state index < -0.39 is 11.6 Å². The van der Waals surface area contributed by atoms with Crippen molar-refractivity contribution < 1.29 is 14.7 Å². The van der Waals surface area contributed by atoms with Gasteiger partial charge in [0.25, 0.3) is 5.91 Å². The van der Waals surface area contributed by atoms with Gasteiger partial charge in [0.05, 0.1) is 0 Å². The van der Waals surface area contributed by atoms with Gasteiger partial charge in [0, 0.05) is 6.61 Å². The Morgan fingerprint density at radius 3 is 2.58 bits per heavy atom. The van der Waals surface area contributed by atoms with Crippen molar-refractivity contribution in [3.8, 4) is 0 Å².